The zero-order valence-electron chi connectivity index (χ0n) is 12.0. The van der Waals surface area contributed by atoms with Crippen LogP contribution in [0.2, 0.25) is 0 Å². The molecule has 1 rings (SSSR count). The van der Waals surface area contributed by atoms with Crippen LogP contribution in [0.25, 0.3) is 0 Å². The lowest BCUT2D eigenvalue weighted by Gasteiger charge is -2.21. The topological polar surface area (TPSA) is 78.9 Å². The Morgan fingerprint density at radius 2 is 2.10 bits per heavy atom. The third-order valence-corrected chi connectivity index (χ3v) is 3.69. The van der Waals surface area contributed by atoms with Gasteiger partial charge in [-0.05, 0) is 11.6 Å². The number of hydrogen-bond acceptors (Lipinski definition) is 3. The summed E-state index contributed by atoms with van der Waals surface area (Å²) >= 11 is 3.41. The third-order valence-electron chi connectivity index (χ3n) is 2.92. The number of carboxylic acids is 1. The van der Waals surface area contributed by atoms with Gasteiger partial charge in [0, 0.05) is 38.2 Å². The maximum absolute atomic E-state index is 12.0. The molecule has 2 amide bonds. The summed E-state index contributed by atoms with van der Waals surface area (Å²) < 4.78 is 5.74. The van der Waals surface area contributed by atoms with Gasteiger partial charge in [0.25, 0.3) is 0 Å². The number of amides is 2. The normalized spacial score (nSPS) is 11.8. The maximum Gasteiger partial charge on any atom is 0.326 e. The Hall–Kier alpha value is -1.60. The second kappa shape index (κ2) is 8.63. The summed E-state index contributed by atoms with van der Waals surface area (Å²) in [5.41, 5.74) is 0.943. The smallest absolute Gasteiger partial charge is 0.326 e. The van der Waals surface area contributed by atoms with Gasteiger partial charge >= 0.3 is 12.0 Å². The minimum atomic E-state index is -1.07. The Kier molecular flexibility index (Phi) is 7.18. The molecule has 6 nitrogen and oxygen atoms in total. The van der Waals surface area contributed by atoms with Gasteiger partial charge in [0.1, 0.15) is 6.04 Å². The summed E-state index contributed by atoms with van der Waals surface area (Å²) in [6.45, 7) is 0.648. The molecule has 7 heteroatoms. The average molecular weight is 359 g/mol. The molecule has 1 aromatic carbocycles. The molecule has 0 aromatic heterocycles. The highest BCUT2D eigenvalue weighted by atomic mass is 79.9. The van der Waals surface area contributed by atoms with E-state index in [9.17, 15) is 9.59 Å². The quantitative estimate of drug-likeness (QED) is 0.781. The average Bonchev–Trinajstić information content (AvgIpc) is 2.45. The van der Waals surface area contributed by atoms with Gasteiger partial charge in [0.2, 0.25) is 0 Å². The molecule has 0 spiro atoms. The molecule has 1 atom stereocenters. The number of ether oxygens (including phenoxy) is 1. The standard InChI is InChI=1S/C14H19BrN2O4/c1-17(9-10-5-3-4-6-11(10)15)14(20)16-12(13(18)19)7-8-21-2/h3-6,12H,7-9H2,1-2H3,(H,16,20)(H,18,19). The van der Waals surface area contributed by atoms with Crippen LogP contribution in [0.1, 0.15) is 12.0 Å². The molecule has 21 heavy (non-hydrogen) atoms. The molecule has 1 unspecified atom stereocenters. The van der Waals surface area contributed by atoms with Crippen LogP contribution in [0.3, 0.4) is 0 Å². The molecule has 0 aliphatic rings. The van der Waals surface area contributed by atoms with Crippen LogP contribution in [0.4, 0.5) is 4.79 Å². The fourth-order valence-corrected chi connectivity index (χ4v) is 2.12. The first-order valence-electron chi connectivity index (χ1n) is 6.42. The highest BCUT2D eigenvalue weighted by molar-refractivity contribution is 9.10. The van der Waals surface area contributed by atoms with Gasteiger partial charge in [0.15, 0.2) is 0 Å². The second-order valence-electron chi connectivity index (χ2n) is 4.57. The summed E-state index contributed by atoms with van der Waals surface area (Å²) in [4.78, 5) is 24.5. The van der Waals surface area contributed by atoms with Gasteiger partial charge in [-0.1, -0.05) is 34.1 Å². The van der Waals surface area contributed by atoms with Crippen molar-refractivity contribution < 1.29 is 19.4 Å². The number of rotatable bonds is 7. The zero-order valence-corrected chi connectivity index (χ0v) is 13.6. The minimum absolute atomic E-state index is 0.223. The van der Waals surface area contributed by atoms with Crippen LogP contribution < -0.4 is 5.32 Å². The number of carbonyl (C=O) groups excluding carboxylic acids is 1. The van der Waals surface area contributed by atoms with Crippen LogP contribution in [0.5, 0.6) is 0 Å². The highest BCUT2D eigenvalue weighted by Crippen LogP contribution is 2.17. The summed E-state index contributed by atoms with van der Waals surface area (Å²) in [7, 11) is 3.10. The maximum atomic E-state index is 12.0. The number of urea groups is 1. The molecule has 2 N–H and O–H groups in total. The number of carboxylic acid groups (broad SMARTS) is 1. The number of benzene rings is 1. The number of methoxy groups -OCH3 is 1. The molecule has 0 aliphatic heterocycles. The molecule has 1 aromatic rings. The lowest BCUT2D eigenvalue weighted by atomic mass is 10.2. The Morgan fingerprint density at radius 1 is 1.43 bits per heavy atom. The first-order valence-corrected chi connectivity index (χ1v) is 7.21. The van der Waals surface area contributed by atoms with E-state index in [4.69, 9.17) is 9.84 Å². The minimum Gasteiger partial charge on any atom is -0.480 e. The van der Waals surface area contributed by atoms with Crippen LogP contribution in [0.15, 0.2) is 28.7 Å². The summed E-state index contributed by atoms with van der Waals surface area (Å²) in [5, 5.41) is 11.6. The molecule has 0 aliphatic carbocycles. The van der Waals surface area contributed by atoms with E-state index in [1.807, 2.05) is 24.3 Å². The van der Waals surface area contributed by atoms with Gasteiger partial charge in [-0.3, -0.25) is 0 Å². The van der Waals surface area contributed by atoms with Crippen molar-refractivity contribution in [1.29, 1.82) is 0 Å². The van der Waals surface area contributed by atoms with Gasteiger partial charge < -0.3 is 20.1 Å². The molecule has 0 fully saturated rings. The lowest BCUT2D eigenvalue weighted by molar-refractivity contribution is -0.139. The first-order chi connectivity index (χ1) is 9.95. The zero-order chi connectivity index (χ0) is 15.8. The molecule has 0 heterocycles. The fraction of sp³-hybridized carbons (Fsp3) is 0.429. The van der Waals surface area contributed by atoms with Crippen LogP contribution >= 0.6 is 15.9 Å². The monoisotopic (exact) mass is 358 g/mol. The number of halogens is 1. The Bertz CT molecular complexity index is 496. The third kappa shape index (κ3) is 5.73. The number of nitrogens with zero attached hydrogens (tertiary/aromatic N) is 1. The van der Waals surface area contributed by atoms with Gasteiger partial charge in [-0.15, -0.1) is 0 Å². The number of carbonyl (C=O) groups is 2. The van der Waals surface area contributed by atoms with Crippen molar-refractivity contribution in [2.75, 3.05) is 20.8 Å². The molecule has 0 saturated carbocycles. The molecular formula is C14H19BrN2O4. The summed E-state index contributed by atoms with van der Waals surface area (Å²) in [6.07, 6.45) is 0.223. The van der Waals surface area contributed by atoms with E-state index in [-0.39, 0.29) is 13.0 Å². The molecule has 0 radical (unpaired) electrons. The molecule has 116 valence electrons. The Balaban J connectivity index is 2.61. The predicted molar refractivity (Wildman–Crippen MR) is 82.1 cm³/mol. The summed E-state index contributed by atoms with van der Waals surface area (Å²) in [6, 6.07) is 6.16. The van der Waals surface area contributed by atoms with Crippen molar-refractivity contribution in [3.63, 3.8) is 0 Å². The summed E-state index contributed by atoms with van der Waals surface area (Å²) in [5.74, 6) is -1.07. The van der Waals surface area contributed by atoms with Gasteiger partial charge in [-0.2, -0.15) is 0 Å². The Labute approximate surface area is 132 Å². The van der Waals surface area contributed by atoms with Crippen molar-refractivity contribution in [1.82, 2.24) is 10.2 Å². The lowest BCUT2D eigenvalue weighted by Crippen LogP contribution is -2.46. The molecule has 0 bridgehead atoms. The first kappa shape index (κ1) is 17.5. The number of nitrogens with one attached hydrogen (secondary N) is 1. The predicted octanol–water partition coefficient (Wildman–Crippen LogP) is 2.08. The van der Waals surface area contributed by atoms with E-state index in [0.29, 0.717) is 6.54 Å². The van der Waals surface area contributed by atoms with E-state index in [2.05, 4.69) is 21.2 Å². The number of aliphatic carboxylic acids is 1. The van der Waals surface area contributed by atoms with E-state index < -0.39 is 18.0 Å². The van der Waals surface area contributed by atoms with Crippen molar-refractivity contribution in [2.24, 2.45) is 0 Å². The van der Waals surface area contributed by atoms with Crippen molar-refractivity contribution in [3.05, 3.63) is 34.3 Å². The van der Waals surface area contributed by atoms with Crippen LogP contribution in [-0.2, 0) is 16.1 Å². The van der Waals surface area contributed by atoms with Crippen LogP contribution in [-0.4, -0.2) is 48.8 Å². The van der Waals surface area contributed by atoms with Gasteiger partial charge in [0.05, 0.1) is 0 Å². The van der Waals surface area contributed by atoms with E-state index >= 15 is 0 Å². The van der Waals surface area contributed by atoms with Gasteiger partial charge in [-0.25, -0.2) is 9.59 Å². The highest BCUT2D eigenvalue weighted by Gasteiger charge is 2.21. The molecular weight excluding hydrogens is 340 g/mol. The largest absolute Gasteiger partial charge is 0.480 e. The van der Waals surface area contributed by atoms with Crippen molar-refractivity contribution in [3.8, 4) is 0 Å². The van der Waals surface area contributed by atoms with Crippen molar-refractivity contribution >= 4 is 27.9 Å². The Morgan fingerprint density at radius 3 is 2.67 bits per heavy atom. The van der Waals surface area contributed by atoms with Crippen molar-refractivity contribution in [2.45, 2.75) is 19.0 Å². The number of hydrogen-bond donors (Lipinski definition) is 2. The van der Waals surface area contributed by atoms with E-state index in [1.165, 1.54) is 12.0 Å². The second-order valence-corrected chi connectivity index (χ2v) is 5.42. The SMILES string of the molecule is COCCC(NC(=O)N(C)Cc1ccccc1Br)C(=O)O. The van der Waals surface area contributed by atoms with E-state index in [1.54, 1.807) is 7.05 Å². The van der Waals surface area contributed by atoms with Crippen LogP contribution in [0, 0.1) is 0 Å². The van der Waals surface area contributed by atoms with E-state index in [0.717, 1.165) is 10.0 Å². The fourth-order valence-electron chi connectivity index (χ4n) is 1.71. The molecule has 0 saturated heterocycles.